The summed E-state index contributed by atoms with van der Waals surface area (Å²) in [6.45, 7) is 2.38. The Morgan fingerprint density at radius 2 is 1.69 bits per heavy atom. The van der Waals surface area contributed by atoms with Crippen LogP contribution >= 0.6 is 0 Å². The van der Waals surface area contributed by atoms with E-state index in [9.17, 15) is 19.2 Å². The highest BCUT2D eigenvalue weighted by atomic mass is 16.6. The highest BCUT2D eigenvalue weighted by Gasteiger charge is 2.50. The van der Waals surface area contributed by atoms with E-state index >= 15 is 0 Å². The van der Waals surface area contributed by atoms with Gasteiger partial charge in [0.25, 0.3) is 5.91 Å². The number of nitrogens with one attached hydrogen (secondary N) is 3. The number of hydrogen-bond acceptors (Lipinski definition) is 9. The molecule has 2 aliphatic heterocycles. The number of ether oxygens (including phenoxy) is 5. The Bertz CT molecular complexity index is 1240. The molecule has 2 aliphatic rings. The van der Waals surface area contributed by atoms with Crippen LogP contribution in [0.3, 0.4) is 0 Å². The Labute approximate surface area is 244 Å². The van der Waals surface area contributed by atoms with Crippen molar-refractivity contribution in [3.8, 4) is 5.75 Å². The second kappa shape index (κ2) is 14.9. The van der Waals surface area contributed by atoms with Gasteiger partial charge in [-0.1, -0.05) is 42.5 Å². The number of benzene rings is 2. The molecule has 0 radical (unpaired) electrons. The number of amides is 3. The summed E-state index contributed by atoms with van der Waals surface area (Å²) in [5.41, 5.74) is 0.107. The van der Waals surface area contributed by atoms with Gasteiger partial charge in [-0.3, -0.25) is 19.2 Å². The Morgan fingerprint density at radius 1 is 1.00 bits per heavy atom. The van der Waals surface area contributed by atoms with Gasteiger partial charge in [0.1, 0.15) is 30.0 Å². The first-order chi connectivity index (χ1) is 20.3. The predicted molar refractivity (Wildman–Crippen MR) is 150 cm³/mol. The Morgan fingerprint density at radius 3 is 2.43 bits per heavy atom. The molecule has 12 heteroatoms. The first kappa shape index (κ1) is 31.1. The van der Waals surface area contributed by atoms with Crippen molar-refractivity contribution in [3.63, 3.8) is 0 Å². The molecule has 226 valence electrons. The highest BCUT2D eigenvalue weighted by molar-refractivity contribution is 6.01. The molecule has 4 rings (SSSR count). The fraction of sp³-hybridized carbons (Fsp3) is 0.467. The van der Waals surface area contributed by atoms with Crippen molar-refractivity contribution in [3.05, 3.63) is 65.7 Å². The number of fused-ring (bicyclic) bond motifs is 1. The number of rotatable bonds is 8. The summed E-state index contributed by atoms with van der Waals surface area (Å²) in [5.74, 6) is -1.78. The fourth-order valence-electron chi connectivity index (χ4n) is 4.40. The second-order valence-electron chi connectivity index (χ2n) is 10.2. The van der Waals surface area contributed by atoms with Gasteiger partial charge in [-0.2, -0.15) is 0 Å². The van der Waals surface area contributed by atoms with Crippen LogP contribution in [0.25, 0.3) is 0 Å². The van der Waals surface area contributed by atoms with E-state index in [1.54, 1.807) is 31.2 Å². The van der Waals surface area contributed by atoms with Crippen LogP contribution in [0.2, 0.25) is 0 Å². The zero-order chi connectivity index (χ0) is 30.0. The molecule has 1 saturated heterocycles. The molecular formula is C30H37N3O9. The number of ketones is 1. The van der Waals surface area contributed by atoms with Gasteiger partial charge in [0.15, 0.2) is 5.78 Å². The molecule has 0 aromatic heterocycles. The molecule has 0 aliphatic carbocycles. The molecule has 0 saturated carbocycles. The maximum absolute atomic E-state index is 13.6. The van der Waals surface area contributed by atoms with Crippen molar-refractivity contribution in [1.29, 1.82) is 0 Å². The van der Waals surface area contributed by atoms with Crippen molar-refractivity contribution >= 4 is 23.5 Å². The van der Waals surface area contributed by atoms with Crippen molar-refractivity contribution < 1.29 is 42.9 Å². The maximum Gasteiger partial charge on any atom is 0.255 e. The van der Waals surface area contributed by atoms with Gasteiger partial charge in [0, 0.05) is 7.11 Å². The standard InChI is InChI=1S/C30H37N3O9/c1-30(19-42-30)26(34)22(16-20-8-4-3-5-9-20)31-29(37)24-18-40-13-12-39-14-15-41-25-11-7-6-10-21(25)27(35)32-23(17-38-2)28(36)33-24/h3-11,22-24H,12-19H2,1-2H3,(H,31,37)(H,32,35)(H,33,36)/t22-,23-,24-,30+/m0/s1. The minimum Gasteiger partial charge on any atom is -0.490 e. The van der Waals surface area contributed by atoms with E-state index in [0.29, 0.717) is 5.75 Å². The van der Waals surface area contributed by atoms with Crippen LogP contribution in [0.4, 0.5) is 0 Å². The number of hydrogen-bond donors (Lipinski definition) is 3. The lowest BCUT2D eigenvalue weighted by Gasteiger charge is -2.26. The quantitative estimate of drug-likeness (QED) is 0.376. The monoisotopic (exact) mass is 583 g/mol. The summed E-state index contributed by atoms with van der Waals surface area (Å²) in [5, 5.41) is 8.10. The number of epoxide rings is 1. The highest BCUT2D eigenvalue weighted by Crippen LogP contribution is 2.29. The number of carbonyl (C=O) groups excluding carboxylic acids is 4. The largest absolute Gasteiger partial charge is 0.490 e. The van der Waals surface area contributed by atoms with Crippen LogP contribution in [0.15, 0.2) is 54.6 Å². The molecule has 42 heavy (non-hydrogen) atoms. The Balaban J connectivity index is 1.53. The van der Waals surface area contributed by atoms with Gasteiger partial charge in [0.05, 0.1) is 51.2 Å². The fourth-order valence-corrected chi connectivity index (χ4v) is 4.40. The first-order valence-electron chi connectivity index (χ1n) is 13.8. The van der Waals surface area contributed by atoms with E-state index in [1.165, 1.54) is 7.11 Å². The van der Waals surface area contributed by atoms with Crippen LogP contribution in [0.1, 0.15) is 22.8 Å². The predicted octanol–water partition coefficient (Wildman–Crippen LogP) is 0.427. The van der Waals surface area contributed by atoms with Gasteiger partial charge >= 0.3 is 0 Å². The first-order valence-corrected chi connectivity index (χ1v) is 13.8. The smallest absolute Gasteiger partial charge is 0.255 e. The van der Waals surface area contributed by atoms with Gasteiger partial charge in [-0.05, 0) is 31.0 Å². The van der Waals surface area contributed by atoms with Crippen LogP contribution in [0, 0.1) is 0 Å². The van der Waals surface area contributed by atoms with Crippen LogP contribution in [-0.2, 0) is 39.8 Å². The molecule has 1 fully saturated rings. The summed E-state index contributed by atoms with van der Waals surface area (Å²) in [6.07, 6.45) is 0.240. The van der Waals surface area contributed by atoms with E-state index in [0.717, 1.165) is 5.56 Å². The molecular weight excluding hydrogens is 546 g/mol. The summed E-state index contributed by atoms with van der Waals surface area (Å²) in [6, 6.07) is 12.7. The summed E-state index contributed by atoms with van der Waals surface area (Å²) in [4.78, 5) is 53.3. The molecule has 0 spiro atoms. The third-order valence-electron chi connectivity index (χ3n) is 6.88. The third kappa shape index (κ3) is 8.58. The zero-order valence-corrected chi connectivity index (χ0v) is 23.8. The molecule has 2 aromatic rings. The minimum atomic E-state index is -1.18. The average molecular weight is 584 g/mol. The topological polar surface area (TPSA) is 154 Å². The lowest BCUT2D eigenvalue weighted by molar-refractivity contribution is -0.135. The lowest BCUT2D eigenvalue weighted by atomic mass is 9.94. The van der Waals surface area contributed by atoms with E-state index < -0.39 is 41.4 Å². The Hall–Kier alpha value is -3.84. The molecule has 0 unspecified atom stereocenters. The minimum absolute atomic E-state index is 0.146. The number of methoxy groups -OCH3 is 1. The van der Waals surface area contributed by atoms with Crippen LogP contribution in [-0.4, -0.2) is 101 Å². The summed E-state index contributed by atoms with van der Waals surface area (Å²) < 4.78 is 27.4. The molecule has 2 heterocycles. The summed E-state index contributed by atoms with van der Waals surface area (Å²) in [7, 11) is 1.39. The third-order valence-corrected chi connectivity index (χ3v) is 6.88. The molecule has 0 bridgehead atoms. The van der Waals surface area contributed by atoms with Gasteiger partial charge in [0.2, 0.25) is 11.8 Å². The van der Waals surface area contributed by atoms with Crippen molar-refractivity contribution in [2.24, 2.45) is 0 Å². The van der Waals surface area contributed by atoms with Crippen LogP contribution in [0.5, 0.6) is 5.75 Å². The van der Waals surface area contributed by atoms with Gasteiger partial charge in [-0.25, -0.2) is 0 Å². The Kier molecular flexibility index (Phi) is 11.0. The normalized spacial score (nSPS) is 24.2. The van der Waals surface area contributed by atoms with E-state index in [2.05, 4.69) is 16.0 Å². The van der Waals surface area contributed by atoms with Crippen molar-refractivity contribution in [2.45, 2.75) is 37.1 Å². The van der Waals surface area contributed by atoms with E-state index in [1.807, 2.05) is 30.3 Å². The average Bonchev–Trinajstić information content (AvgIpc) is 3.75. The SMILES string of the molecule is COC[C@@H]1NC(=O)c2ccccc2OCCOCCOC[C@@H](C(=O)N[C@@H](Cc2ccccc2)C(=O)[C@@]2(C)CO2)NC1=O. The molecule has 3 N–H and O–H groups in total. The van der Waals surface area contributed by atoms with Crippen LogP contribution < -0.4 is 20.7 Å². The van der Waals surface area contributed by atoms with E-state index in [-0.39, 0.29) is 64.0 Å². The number of Topliss-reactive ketones (excluding diaryl/α,β-unsaturated/α-hetero) is 1. The van der Waals surface area contributed by atoms with E-state index in [4.69, 9.17) is 23.7 Å². The van der Waals surface area contributed by atoms with Gasteiger partial charge < -0.3 is 39.6 Å². The maximum atomic E-state index is 13.6. The lowest BCUT2D eigenvalue weighted by Crippen LogP contribution is -2.59. The summed E-state index contributed by atoms with van der Waals surface area (Å²) >= 11 is 0. The second-order valence-corrected chi connectivity index (χ2v) is 10.2. The van der Waals surface area contributed by atoms with Crippen molar-refractivity contribution in [2.75, 3.05) is 53.4 Å². The zero-order valence-electron chi connectivity index (χ0n) is 23.8. The number of para-hydroxylation sites is 1. The molecule has 2 aromatic carbocycles. The van der Waals surface area contributed by atoms with Crippen molar-refractivity contribution in [1.82, 2.24) is 16.0 Å². The molecule has 3 amide bonds. The molecule has 12 nitrogen and oxygen atoms in total. The molecule has 4 atom stereocenters. The van der Waals surface area contributed by atoms with Gasteiger partial charge in [-0.15, -0.1) is 0 Å². The number of carbonyl (C=O) groups is 4.